The van der Waals surface area contributed by atoms with Gasteiger partial charge in [-0.3, -0.25) is 14.5 Å². The van der Waals surface area contributed by atoms with Crippen LogP contribution in [-0.2, 0) is 22.6 Å². The first-order chi connectivity index (χ1) is 20.5. The molecule has 0 aromatic heterocycles. The average Bonchev–Trinajstić information content (AvgIpc) is 3.03. The van der Waals surface area contributed by atoms with E-state index in [0.29, 0.717) is 25.2 Å². The fraction of sp³-hybridized carbons (Fsp3) is 0.229. The normalized spacial score (nSPS) is 14.4. The number of hydrogen-bond donors (Lipinski definition) is 2. The third-order valence-corrected chi connectivity index (χ3v) is 7.71. The van der Waals surface area contributed by atoms with Crippen LogP contribution in [-0.4, -0.2) is 64.9 Å². The number of piperazine rings is 1. The molecule has 0 spiro atoms. The molecular weight excluding hydrogens is 526 g/mol. The molecule has 0 radical (unpaired) electrons. The Morgan fingerprint density at radius 1 is 0.667 bits per heavy atom. The maximum atomic E-state index is 13.7. The average molecular weight is 562 g/mol. The van der Waals surface area contributed by atoms with E-state index < -0.39 is 17.9 Å². The van der Waals surface area contributed by atoms with Crippen LogP contribution in [0.3, 0.4) is 0 Å². The van der Waals surface area contributed by atoms with Crippen molar-refractivity contribution in [1.82, 2.24) is 15.1 Å². The molecule has 4 aromatic rings. The van der Waals surface area contributed by atoms with Crippen LogP contribution in [0, 0.1) is 0 Å². The Kier molecular flexibility index (Phi) is 9.41. The molecule has 0 aliphatic carbocycles. The zero-order chi connectivity index (χ0) is 29.3. The minimum absolute atomic E-state index is 0.120. The number of carbonyl (C=O) groups excluding carboxylic acids is 2. The second-order valence-corrected chi connectivity index (χ2v) is 10.6. The number of benzene rings is 4. The van der Waals surface area contributed by atoms with Crippen molar-refractivity contribution in [2.75, 3.05) is 26.2 Å². The highest BCUT2D eigenvalue weighted by molar-refractivity contribution is 5.96. The van der Waals surface area contributed by atoms with Gasteiger partial charge in [-0.15, -0.1) is 0 Å². The van der Waals surface area contributed by atoms with Crippen molar-refractivity contribution < 1.29 is 19.5 Å². The van der Waals surface area contributed by atoms with E-state index in [-0.39, 0.29) is 18.2 Å². The Balaban J connectivity index is 1.15. The van der Waals surface area contributed by atoms with Gasteiger partial charge in [-0.1, -0.05) is 103 Å². The number of aliphatic carboxylic acids is 1. The Morgan fingerprint density at radius 2 is 1.19 bits per heavy atom. The van der Waals surface area contributed by atoms with Crippen LogP contribution in [0.4, 0.5) is 0 Å². The summed E-state index contributed by atoms with van der Waals surface area (Å²) in [6.45, 7) is 3.51. The molecule has 1 aliphatic rings. The molecule has 1 heterocycles. The third kappa shape index (κ3) is 7.30. The molecular formula is C35H35N3O4. The lowest BCUT2D eigenvalue weighted by atomic mass is 9.90. The predicted molar refractivity (Wildman–Crippen MR) is 162 cm³/mol. The molecule has 1 saturated heterocycles. The van der Waals surface area contributed by atoms with Crippen molar-refractivity contribution in [3.8, 4) is 0 Å². The van der Waals surface area contributed by atoms with Crippen molar-refractivity contribution in [2.24, 2.45) is 0 Å². The van der Waals surface area contributed by atoms with E-state index in [9.17, 15) is 19.5 Å². The first-order valence-corrected chi connectivity index (χ1v) is 14.3. The monoisotopic (exact) mass is 561 g/mol. The SMILES string of the molecule is O=C(N[C@@H](Cc1ccccc1)C(=O)O)c1ccc(CN2CCN(C(=O)C(c3ccccc3)c3ccccc3)CC2)cc1. The van der Waals surface area contributed by atoms with E-state index in [1.807, 2.05) is 108 Å². The first-order valence-electron chi connectivity index (χ1n) is 14.3. The molecule has 1 aliphatic heterocycles. The first kappa shape index (κ1) is 28.8. The molecule has 214 valence electrons. The van der Waals surface area contributed by atoms with Gasteiger partial charge in [0, 0.05) is 44.7 Å². The standard InChI is InChI=1S/C35H35N3O4/c39-33(36-31(35(41)42)24-26-10-4-1-5-11-26)30-18-16-27(17-19-30)25-37-20-22-38(23-21-37)34(40)32(28-12-6-2-7-13-28)29-14-8-3-9-15-29/h1-19,31-32H,20-25H2,(H,36,39)(H,41,42)/t31-/m0/s1. The Labute approximate surface area is 246 Å². The van der Waals surface area contributed by atoms with Gasteiger partial charge in [-0.25, -0.2) is 4.79 Å². The molecule has 7 heteroatoms. The minimum Gasteiger partial charge on any atom is -0.480 e. The van der Waals surface area contributed by atoms with Crippen LogP contribution in [0.1, 0.15) is 38.5 Å². The number of amides is 2. The molecule has 0 bridgehead atoms. The quantitative estimate of drug-likeness (QED) is 0.296. The van der Waals surface area contributed by atoms with Gasteiger partial charge < -0.3 is 15.3 Å². The molecule has 5 rings (SSSR count). The number of hydrogen-bond acceptors (Lipinski definition) is 4. The largest absolute Gasteiger partial charge is 0.480 e. The second kappa shape index (κ2) is 13.7. The van der Waals surface area contributed by atoms with Crippen molar-refractivity contribution in [3.05, 3.63) is 143 Å². The minimum atomic E-state index is -1.07. The van der Waals surface area contributed by atoms with E-state index in [0.717, 1.165) is 35.3 Å². The molecule has 2 N–H and O–H groups in total. The van der Waals surface area contributed by atoms with Crippen LogP contribution in [0.2, 0.25) is 0 Å². The van der Waals surface area contributed by atoms with Gasteiger partial charge in [0.15, 0.2) is 0 Å². The van der Waals surface area contributed by atoms with Gasteiger partial charge in [0.25, 0.3) is 5.91 Å². The van der Waals surface area contributed by atoms with Crippen LogP contribution in [0.5, 0.6) is 0 Å². The highest BCUT2D eigenvalue weighted by Crippen LogP contribution is 2.27. The molecule has 1 fully saturated rings. The molecule has 4 aromatic carbocycles. The van der Waals surface area contributed by atoms with Crippen LogP contribution >= 0.6 is 0 Å². The summed E-state index contributed by atoms with van der Waals surface area (Å²) in [4.78, 5) is 42.5. The summed E-state index contributed by atoms with van der Waals surface area (Å²) in [5.74, 6) is -1.69. The second-order valence-electron chi connectivity index (χ2n) is 10.6. The van der Waals surface area contributed by atoms with E-state index in [2.05, 4.69) is 10.2 Å². The fourth-order valence-corrected chi connectivity index (χ4v) is 5.39. The zero-order valence-corrected chi connectivity index (χ0v) is 23.4. The maximum absolute atomic E-state index is 13.7. The summed E-state index contributed by atoms with van der Waals surface area (Å²) in [7, 11) is 0. The zero-order valence-electron chi connectivity index (χ0n) is 23.4. The lowest BCUT2D eigenvalue weighted by Gasteiger charge is -2.36. The Morgan fingerprint density at radius 3 is 1.71 bits per heavy atom. The number of carbonyl (C=O) groups is 3. The summed E-state index contributed by atoms with van der Waals surface area (Å²) < 4.78 is 0. The van der Waals surface area contributed by atoms with E-state index in [4.69, 9.17) is 0 Å². The van der Waals surface area contributed by atoms with Gasteiger partial charge in [0.1, 0.15) is 6.04 Å². The van der Waals surface area contributed by atoms with Crippen molar-refractivity contribution in [1.29, 1.82) is 0 Å². The molecule has 2 amide bonds. The van der Waals surface area contributed by atoms with E-state index in [1.165, 1.54) is 0 Å². The summed E-state index contributed by atoms with van der Waals surface area (Å²) in [5.41, 5.74) is 4.31. The fourth-order valence-electron chi connectivity index (χ4n) is 5.39. The molecule has 7 nitrogen and oxygen atoms in total. The van der Waals surface area contributed by atoms with E-state index in [1.54, 1.807) is 12.1 Å². The van der Waals surface area contributed by atoms with Crippen LogP contribution in [0.15, 0.2) is 115 Å². The van der Waals surface area contributed by atoms with Crippen molar-refractivity contribution in [3.63, 3.8) is 0 Å². The molecule has 0 unspecified atom stereocenters. The van der Waals surface area contributed by atoms with Gasteiger partial charge in [0.05, 0.1) is 5.92 Å². The molecule has 42 heavy (non-hydrogen) atoms. The van der Waals surface area contributed by atoms with E-state index >= 15 is 0 Å². The summed E-state index contributed by atoms with van der Waals surface area (Å²) in [6, 6.07) is 35.4. The van der Waals surface area contributed by atoms with Crippen molar-refractivity contribution in [2.45, 2.75) is 24.9 Å². The number of nitrogens with one attached hydrogen (secondary N) is 1. The lowest BCUT2D eigenvalue weighted by molar-refractivity contribution is -0.139. The van der Waals surface area contributed by atoms with Crippen molar-refractivity contribution >= 4 is 17.8 Å². The molecule has 1 atom stereocenters. The number of nitrogens with zero attached hydrogens (tertiary/aromatic N) is 2. The smallest absolute Gasteiger partial charge is 0.326 e. The maximum Gasteiger partial charge on any atom is 0.326 e. The van der Waals surface area contributed by atoms with Crippen LogP contribution < -0.4 is 5.32 Å². The summed E-state index contributed by atoms with van der Waals surface area (Å²) in [6.07, 6.45) is 0.214. The summed E-state index contributed by atoms with van der Waals surface area (Å²) >= 11 is 0. The topological polar surface area (TPSA) is 89.9 Å². The Bertz CT molecular complexity index is 1430. The number of rotatable bonds is 10. The Hall–Kier alpha value is -4.75. The van der Waals surface area contributed by atoms with Gasteiger partial charge >= 0.3 is 5.97 Å². The lowest BCUT2D eigenvalue weighted by Crippen LogP contribution is -2.49. The third-order valence-electron chi connectivity index (χ3n) is 7.71. The number of carboxylic acids is 1. The predicted octanol–water partition coefficient (Wildman–Crippen LogP) is 4.59. The number of carboxylic acid groups (broad SMARTS) is 1. The van der Waals surface area contributed by atoms with Crippen LogP contribution in [0.25, 0.3) is 0 Å². The molecule has 0 saturated carbocycles. The van der Waals surface area contributed by atoms with Gasteiger partial charge in [0.2, 0.25) is 5.91 Å². The van der Waals surface area contributed by atoms with Gasteiger partial charge in [-0.05, 0) is 34.4 Å². The summed E-state index contributed by atoms with van der Waals surface area (Å²) in [5, 5.41) is 12.3. The highest BCUT2D eigenvalue weighted by Gasteiger charge is 2.30. The highest BCUT2D eigenvalue weighted by atomic mass is 16.4. The van der Waals surface area contributed by atoms with Gasteiger partial charge in [-0.2, -0.15) is 0 Å².